The smallest absolute Gasteiger partial charge is 0.317 e. The van der Waals surface area contributed by atoms with Crippen molar-refractivity contribution in [2.75, 3.05) is 19.7 Å². The molecule has 12 heteroatoms. The van der Waals surface area contributed by atoms with Crippen molar-refractivity contribution in [3.63, 3.8) is 0 Å². The van der Waals surface area contributed by atoms with Crippen LogP contribution in [0.5, 0.6) is 5.75 Å². The molecule has 0 spiro atoms. The maximum absolute atomic E-state index is 14.1. The first-order valence-electron chi connectivity index (χ1n) is 11.9. The Kier molecular flexibility index (Phi) is 9.16. The molecule has 0 unspecified atom stereocenters. The Morgan fingerprint density at radius 3 is 2.47 bits per heavy atom. The number of halogens is 3. The topological polar surface area (TPSA) is 125 Å². The highest BCUT2D eigenvalue weighted by molar-refractivity contribution is 5.93. The lowest BCUT2D eigenvalue weighted by Crippen LogP contribution is -2.53. The van der Waals surface area contributed by atoms with Gasteiger partial charge in [0, 0.05) is 19.1 Å². The molecule has 2 aliphatic rings. The molecule has 0 bridgehead atoms. The zero-order valence-electron chi connectivity index (χ0n) is 20.0. The van der Waals surface area contributed by atoms with Crippen molar-refractivity contribution in [1.29, 1.82) is 0 Å². The van der Waals surface area contributed by atoms with Gasteiger partial charge in [-0.1, -0.05) is 12.8 Å². The molecule has 3 N–H and O–H groups in total. The van der Waals surface area contributed by atoms with Gasteiger partial charge in [-0.25, -0.2) is 13.6 Å². The van der Waals surface area contributed by atoms with E-state index >= 15 is 0 Å². The van der Waals surface area contributed by atoms with Crippen LogP contribution in [0.2, 0.25) is 0 Å². The number of benzene rings is 1. The van der Waals surface area contributed by atoms with Gasteiger partial charge in [-0.3, -0.25) is 14.4 Å². The summed E-state index contributed by atoms with van der Waals surface area (Å²) in [5.74, 6) is -8.93. The van der Waals surface area contributed by atoms with Gasteiger partial charge in [-0.05, 0) is 44.2 Å². The fraction of sp³-hybridized carbons (Fsp3) is 0.583. The molecule has 0 aromatic heterocycles. The van der Waals surface area contributed by atoms with Gasteiger partial charge in [-0.15, -0.1) is 0 Å². The molecule has 1 aliphatic heterocycles. The van der Waals surface area contributed by atoms with Crippen molar-refractivity contribution in [1.82, 2.24) is 15.5 Å². The summed E-state index contributed by atoms with van der Waals surface area (Å²) in [4.78, 5) is 50.8. The van der Waals surface area contributed by atoms with E-state index in [4.69, 9.17) is 4.74 Å². The standard InChI is InChI=1S/C24H30F3N3O6/c1-13-9-16(25)21(27)22(20(13)26)36-12-18(31)17(10-19(32)33)29-23(34)14-5-4-8-30(11-14)24(35)28-15-6-2-3-7-15/h9,14-15,17H,2-8,10-12H2,1H3,(H,28,35)(H,29,34)(H,32,33)/t14-,17+/m1/s1. The van der Waals surface area contributed by atoms with Gasteiger partial charge in [0.05, 0.1) is 12.3 Å². The number of amides is 3. The molecule has 0 radical (unpaired) electrons. The fourth-order valence-corrected chi connectivity index (χ4v) is 4.49. The van der Waals surface area contributed by atoms with E-state index < -0.39 is 65.8 Å². The average Bonchev–Trinajstić information content (AvgIpc) is 3.35. The van der Waals surface area contributed by atoms with E-state index in [0.717, 1.165) is 25.7 Å². The van der Waals surface area contributed by atoms with Crippen molar-refractivity contribution in [2.45, 2.75) is 64.0 Å². The highest BCUT2D eigenvalue weighted by Crippen LogP contribution is 2.27. The lowest BCUT2D eigenvalue weighted by Gasteiger charge is -2.33. The molecule has 2 atom stereocenters. The summed E-state index contributed by atoms with van der Waals surface area (Å²) in [5.41, 5.74) is -0.245. The normalized spacial score (nSPS) is 19.0. The third-order valence-electron chi connectivity index (χ3n) is 6.50. The Labute approximate surface area is 206 Å². The first-order chi connectivity index (χ1) is 17.1. The number of ether oxygens (including phenoxy) is 1. The molecule has 1 aromatic carbocycles. The van der Waals surface area contributed by atoms with Crippen LogP contribution in [0.25, 0.3) is 0 Å². The van der Waals surface area contributed by atoms with E-state index in [1.807, 2.05) is 0 Å². The number of piperidine rings is 1. The number of nitrogens with zero attached hydrogens (tertiary/aromatic N) is 1. The van der Waals surface area contributed by atoms with E-state index in [-0.39, 0.29) is 24.2 Å². The number of hydrogen-bond acceptors (Lipinski definition) is 5. The predicted molar refractivity (Wildman–Crippen MR) is 121 cm³/mol. The van der Waals surface area contributed by atoms with Crippen LogP contribution in [0.4, 0.5) is 18.0 Å². The van der Waals surface area contributed by atoms with Crippen LogP contribution >= 0.6 is 0 Å². The Bertz CT molecular complexity index is 989. The van der Waals surface area contributed by atoms with E-state index in [2.05, 4.69) is 10.6 Å². The molecule has 1 saturated heterocycles. The van der Waals surface area contributed by atoms with Crippen LogP contribution in [0.15, 0.2) is 6.07 Å². The van der Waals surface area contributed by atoms with Crippen LogP contribution in [-0.4, -0.2) is 65.5 Å². The summed E-state index contributed by atoms with van der Waals surface area (Å²) >= 11 is 0. The summed E-state index contributed by atoms with van der Waals surface area (Å²) in [6.07, 6.45) is 4.12. The van der Waals surface area contributed by atoms with Gasteiger partial charge in [0.2, 0.25) is 11.7 Å². The summed E-state index contributed by atoms with van der Waals surface area (Å²) < 4.78 is 46.5. The third-order valence-corrected chi connectivity index (χ3v) is 6.50. The van der Waals surface area contributed by atoms with Crippen molar-refractivity contribution >= 4 is 23.7 Å². The van der Waals surface area contributed by atoms with Crippen molar-refractivity contribution in [3.8, 4) is 5.75 Å². The quantitative estimate of drug-likeness (QED) is 0.436. The minimum atomic E-state index is -1.62. The van der Waals surface area contributed by atoms with Gasteiger partial charge in [0.15, 0.2) is 23.2 Å². The van der Waals surface area contributed by atoms with Crippen molar-refractivity contribution in [2.24, 2.45) is 5.92 Å². The Balaban J connectivity index is 1.61. The Morgan fingerprint density at radius 2 is 1.81 bits per heavy atom. The van der Waals surface area contributed by atoms with Crippen LogP contribution < -0.4 is 15.4 Å². The second kappa shape index (κ2) is 12.1. The molecule has 36 heavy (non-hydrogen) atoms. The molecular weight excluding hydrogens is 483 g/mol. The number of carboxylic acids is 1. The van der Waals surface area contributed by atoms with Crippen LogP contribution in [0.1, 0.15) is 50.5 Å². The number of carbonyl (C=O) groups excluding carboxylic acids is 3. The molecule has 1 aromatic rings. The van der Waals surface area contributed by atoms with E-state index in [1.165, 1.54) is 11.8 Å². The molecule has 1 heterocycles. The van der Waals surface area contributed by atoms with Crippen LogP contribution in [-0.2, 0) is 14.4 Å². The van der Waals surface area contributed by atoms with E-state index in [1.54, 1.807) is 0 Å². The average molecular weight is 514 g/mol. The number of hydrogen-bond donors (Lipinski definition) is 3. The van der Waals surface area contributed by atoms with E-state index in [0.29, 0.717) is 25.5 Å². The lowest BCUT2D eigenvalue weighted by atomic mass is 9.96. The first kappa shape index (κ1) is 27.3. The maximum Gasteiger partial charge on any atom is 0.317 e. The number of Topliss-reactive ketones (excluding diaryl/α,β-unsaturated/α-hetero) is 1. The molecule has 9 nitrogen and oxygen atoms in total. The largest absolute Gasteiger partial charge is 0.481 e. The maximum atomic E-state index is 14.1. The van der Waals surface area contributed by atoms with Crippen LogP contribution in [0.3, 0.4) is 0 Å². The number of carbonyl (C=O) groups is 4. The fourth-order valence-electron chi connectivity index (χ4n) is 4.49. The number of aryl methyl sites for hydroxylation is 1. The molecule has 1 saturated carbocycles. The molecule has 2 fully saturated rings. The van der Waals surface area contributed by atoms with Gasteiger partial charge in [0.1, 0.15) is 12.6 Å². The highest BCUT2D eigenvalue weighted by Gasteiger charge is 2.33. The number of aliphatic carboxylic acids is 1. The number of ketones is 1. The summed E-state index contributed by atoms with van der Waals surface area (Å²) in [6.45, 7) is 0.767. The number of urea groups is 1. The molecule has 1 aliphatic carbocycles. The highest BCUT2D eigenvalue weighted by atomic mass is 19.2. The van der Waals surface area contributed by atoms with Crippen molar-refractivity contribution < 1.29 is 42.2 Å². The van der Waals surface area contributed by atoms with Crippen molar-refractivity contribution in [3.05, 3.63) is 29.1 Å². The first-order valence-corrected chi connectivity index (χ1v) is 11.9. The molecular formula is C24H30F3N3O6. The van der Waals surface area contributed by atoms with E-state index in [9.17, 15) is 37.5 Å². The number of nitrogens with one attached hydrogen (secondary N) is 2. The predicted octanol–water partition coefficient (Wildman–Crippen LogP) is 2.68. The molecule has 3 amide bonds. The van der Waals surface area contributed by atoms with Gasteiger partial charge in [0.25, 0.3) is 0 Å². The minimum absolute atomic E-state index is 0.105. The van der Waals surface area contributed by atoms with Gasteiger partial charge >= 0.3 is 12.0 Å². The molecule has 198 valence electrons. The zero-order chi connectivity index (χ0) is 26.4. The Morgan fingerprint density at radius 1 is 1.11 bits per heavy atom. The Hall–Kier alpha value is -3.31. The SMILES string of the molecule is Cc1cc(F)c(F)c(OCC(=O)[C@H](CC(=O)O)NC(=O)[C@@H]2CCCN(C(=O)NC3CCCC3)C2)c1F. The van der Waals surface area contributed by atoms with Gasteiger partial charge < -0.3 is 25.4 Å². The lowest BCUT2D eigenvalue weighted by molar-refractivity contribution is -0.141. The summed E-state index contributed by atoms with van der Waals surface area (Å²) in [5, 5.41) is 14.5. The third kappa shape index (κ3) is 6.88. The minimum Gasteiger partial charge on any atom is -0.481 e. The summed E-state index contributed by atoms with van der Waals surface area (Å²) in [6, 6.07) is -1.06. The molecule has 3 rings (SSSR count). The van der Waals surface area contributed by atoms with Crippen LogP contribution in [0, 0.1) is 30.3 Å². The number of likely N-dealkylation sites (tertiary alicyclic amines) is 1. The number of carboxylic acid groups (broad SMARTS) is 1. The second-order valence-electron chi connectivity index (χ2n) is 9.26. The zero-order valence-corrected chi connectivity index (χ0v) is 20.0. The second-order valence-corrected chi connectivity index (χ2v) is 9.26. The van der Waals surface area contributed by atoms with Gasteiger partial charge in [-0.2, -0.15) is 4.39 Å². The summed E-state index contributed by atoms with van der Waals surface area (Å²) in [7, 11) is 0. The number of rotatable bonds is 9. The monoisotopic (exact) mass is 513 g/mol.